The molecule has 112 valence electrons. The molecule has 1 N–H and O–H groups in total. The van der Waals surface area contributed by atoms with Crippen LogP contribution in [0.5, 0.6) is 0 Å². The van der Waals surface area contributed by atoms with Crippen LogP contribution >= 0.6 is 27.5 Å². The maximum atomic E-state index is 6.13. The highest BCUT2D eigenvalue weighted by Crippen LogP contribution is 2.23. The van der Waals surface area contributed by atoms with Gasteiger partial charge in [-0.2, -0.15) is 0 Å². The summed E-state index contributed by atoms with van der Waals surface area (Å²) in [5.74, 6) is 0.689. The van der Waals surface area contributed by atoms with E-state index in [2.05, 4.69) is 46.1 Å². The van der Waals surface area contributed by atoms with Gasteiger partial charge in [0.25, 0.3) is 0 Å². The van der Waals surface area contributed by atoms with Crippen molar-refractivity contribution in [1.82, 2.24) is 10.2 Å². The number of benzene rings is 1. The van der Waals surface area contributed by atoms with Gasteiger partial charge < -0.3 is 5.32 Å². The van der Waals surface area contributed by atoms with Crippen LogP contribution in [0.25, 0.3) is 0 Å². The van der Waals surface area contributed by atoms with Gasteiger partial charge in [-0.1, -0.05) is 31.5 Å². The first-order valence-corrected chi connectivity index (χ1v) is 8.63. The molecule has 0 saturated carbocycles. The molecule has 0 amide bonds. The maximum absolute atomic E-state index is 6.13. The van der Waals surface area contributed by atoms with Crippen LogP contribution in [0.3, 0.4) is 0 Å². The van der Waals surface area contributed by atoms with Crippen molar-refractivity contribution in [2.45, 2.75) is 39.3 Å². The van der Waals surface area contributed by atoms with E-state index >= 15 is 0 Å². The van der Waals surface area contributed by atoms with Crippen molar-refractivity contribution >= 4 is 27.5 Å². The molecule has 1 unspecified atom stereocenters. The molecule has 1 saturated heterocycles. The van der Waals surface area contributed by atoms with E-state index in [1.807, 2.05) is 12.1 Å². The highest BCUT2D eigenvalue weighted by Gasteiger charge is 2.23. The molecule has 0 radical (unpaired) electrons. The second kappa shape index (κ2) is 7.79. The number of rotatable bonds is 6. The molecule has 2 rings (SSSR count). The summed E-state index contributed by atoms with van der Waals surface area (Å²) < 4.78 is 0.958. The Labute approximate surface area is 136 Å². The van der Waals surface area contributed by atoms with Crippen LogP contribution in [0, 0.1) is 5.92 Å². The standard InChI is InChI=1S/C16H24BrClN2/c1-12(2)16(20-7-3-4-8-20)11-19-10-13-5-6-14(17)15(18)9-13/h5-6,9,12,16,19H,3-4,7-8,10-11H2,1-2H3. The van der Waals surface area contributed by atoms with Gasteiger partial charge in [-0.15, -0.1) is 0 Å². The van der Waals surface area contributed by atoms with Crippen molar-refractivity contribution in [3.8, 4) is 0 Å². The summed E-state index contributed by atoms with van der Waals surface area (Å²) >= 11 is 9.55. The van der Waals surface area contributed by atoms with Crippen LogP contribution in [0.4, 0.5) is 0 Å². The van der Waals surface area contributed by atoms with Gasteiger partial charge in [0, 0.05) is 23.6 Å². The largest absolute Gasteiger partial charge is 0.311 e. The van der Waals surface area contributed by atoms with Crippen LogP contribution in [-0.4, -0.2) is 30.6 Å². The van der Waals surface area contributed by atoms with Crippen LogP contribution in [0.1, 0.15) is 32.3 Å². The summed E-state index contributed by atoms with van der Waals surface area (Å²) in [5, 5.41) is 4.37. The third-order valence-corrected chi connectivity index (χ3v) is 5.28. The molecule has 1 fully saturated rings. The average molecular weight is 360 g/mol. The second-order valence-corrected chi connectivity index (χ2v) is 7.20. The fourth-order valence-electron chi connectivity index (χ4n) is 2.87. The van der Waals surface area contributed by atoms with Gasteiger partial charge in [0.15, 0.2) is 0 Å². The van der Waals surface area contributed by atoms with Gasteiger partial charge in [-0.05, 0) is 65.5 Å². The molecule has 0 aliphatic carbocycles. The van der Waals surface area contributed by atoms with Crippen molar-refractivity contribution in [3.05, 3.63) is 33.3 Å². The van der Waals surface area contributed by atoms with E-state index < -0.39 is 0 Å². The fourth-order valence-corrected chi connectivity index (χ4v) is 3.32. The maximum Gasteiger partial charge on any atom is 0.0551 e. The lowest BCUT2D eigenvalue weighted by Crippen LogP contribution is -2.44. The Bertz CT molecular complexity index is 430. The Balaban J connectivity index is 1.84. The van der Waals surface area contributed by atoms with Gasteiger partial charge in [-0.3, -0.25) is 4.90 Å². The molecular weight excluding hydrogens is 336 g/mol. The molecule has 1 atom stereocenters. The van der Waals surface area contributed by atoms with Crippen molar-refractivity contribution in [1.29, 1.82) is 0 Å². The summed E-state index contributed by atoms with van der Waals surface area (Å²) in [5.41, 5.74) is 1.24. The molecule has 1 aromatic rings. The zero-order valence-corrected chi connectivity index (χ0v) is 14.7. The Morgan fingerprint density at radius 1 is 1.30 bits per heavy atom. The molecule has 0 aromatic heterocycles. The topological polar surface area (TPSA) is 15.3 Å². The number of halogens is 2. The molecule has 4 heteroatoms. The lowest BCUT2D eigenvalue weighted by Gasteiger charge is -2.31. The SMILES string of the molecule is CC(C)C(CNCc1ccc(Br)c(Cl)c1)N1CCCC1. The smallest absolute Gasteiger partial charge is 0.0551 e. The van der Waals surface area contributed by atoms with Crippen molar-refractivity contribution in [2.24, 2.45) is 5.92 Å². The summed E-state index contributed by atoms with van der Waals surface area (Å²) in [6, 6.07) is 6.80. The number of nitrogens with zero attached hydrogens (tertiary/aromatic N) is 1. The zero-order valence-electron chi connectivity index (χ0n) is 12.3. The van der Waals surface area contributed by atoms with Crippen LogP contribution in [-0.2, 0) is 6.54 Å². The van der Waals surface area contributed by atoms with Crippen LogP contribution in [0.2, 0.25) is 5.02 Å². The Kier molecular flexibility index (Phi) is 6.34. The molecular formula is C16H24BrClN2. The molecule has 1 heterocycles. The van der Waals surface area contributed by atoms with Gasteiger partial charge in [-0.25, -0.2) is 0 Å². The highest BCUT2D eigenvalue weighted by atomic mass is 79.9. The minimum atomic E-state index is 0.642. The van der Waals surface area contributed by atoms with E-state index in [1.54, 1.807) is 0 Å². The molecule has 1 aromatic carbocycles. The summed E-state index contributed by atoms with van der Waals surface area (Å²) in [6.45, 7) is 9.08. The Hall–Kier alpha value is -0.0900. The van der Waals surface area contributed by atoms with E-state index in [9.17, 15) is 0 Å². The number of hydrogen-bond donors (Lipinski definition) is 1. The zero-order chi connectivity index (χ0) is 14.5. The Morgan fingerprint density at radius 2 is 2.00 bits per heavy atom. The summed E-state index contributed by atoms with van der Waals surface area (Å²) in [7, 11) is 0. The highest BCUT2D eigenvalue weighted by molar-refractivity contribution is 9.10. The predicted molar refractivity (Wildman–Crippen MR) is 90.3 cm³/mol. The molecule has 0 bridgehead atoms. The number of likely N-dealkylation sites (tertiary alicyclic amines) is 1. The first-order chi connectivity index (χ1) is 9.58. The normalized spacial score (nSPS) is 17.9. The lowest BCUT2D eigenvalue weighted by molar-refractivity contribution is 0.186. The van der Waals surface area contributed by atoms with Gasteiger partial charge >= 0.3 is 0 Å². The van der Waals surface area contributed by atoms with E-state index in [4.69, 9.17) is 11.6 Å². The minimum Gasteiger partial charge on any atom is -0.311 e. The number of hydrogen-bond acceptors (Lipinski definition) is 2. The first kappa shape index (κ1) is 16.3. The second-order valence-electron chi connectivity index (χ2n) is 5.93. The first-order valence-electron chi connectivity index (χ1n) is 7.46. The van der Waals surface area contributed by atoms with Crippen molar-refractivity contribution in [2.75, 3.05) is 19.6 Å². The Morgan fingerprint density at radius 3 is 2.60 bits per heavy atom. The van der Waals surface area contributed by atoms with E-state index in [0.29, 0.717) is 12.0 Å². The predicted octanol–water partition coefficient (Wildman–Crippen LogP) is 4.31. The van der Waals surface area contributed by atoms with Crippen molar-refractivity contribution < 1.29 is 0 Å². The summed E-state index contributed by atoms with van der Waals surface area (Å²) in [6.07, 6.45) is 2.71. The van der Waals surface area contributed by atoms with E-state index in [0.717, 1.165) is 22.6 Å². The van der Waals surface area contributed by atoms with Crippen LogP contribution < -0.4 is 5.32 Å². The molecule has 20 heavy (non-hydrogen) atoms. The van der Waals surface area contributed by atoms with Crippen molar-refractivity contribution in [3.63, 3.8) is 0 Å². The van der Waals surface area contributed by atoms with Gasteiger partial charge in [0.1, 0.15) is 0 Å². The lowest BCUT2D eigenvalue weighted by atomic mass is 10.0. The average Bonchev–Trinajstić information content (AvgIpc) is 2.92. The van der Waals surface area contributed by atoms with E-state index in [-0.39, 0.29) is 0 Å². The quantitative estimate of drug-likeness (QED) is 0.814. The third kappa shape index (κ3) is 4.45. The molecule has 2 nitrogen and oxygen atoms in total. The summed E-state index contributed by atoms with van der Waals surface area (Å²) in [4.78, 5) is 2.63. The number of nitrogens with one attached hydrogen (secondary N) is 1. The third-order valence-electron chi connectivity index (χ3n) is 4.05. The molecule has 1 aliphatic rings. The molecule has 0 spiro atoms. The van der Waals surface area contributed by atoms with E-state index in [1.165, 1.54) is 31.5 Å². The minimum absolute atomic E-state index is 0.642. The van der Waals surface area contributed by atoms with Gasteiger partial charge in [0.05, 0.1) is 5.02 Å². The van der Waals surface area contributed by atoms with Crippen LogP contribution in [0.15, 0.2) is 22.7 Å². The van der Waals surface area contributed by atoms with Gasteiger partial charge in [0.2, 0.25) is 0 Å². The fraction of sp³-hybridized carbons (Fsp3) is 0.625. The molecule has 1 aliphatic heterocycles. The monoisotopic (exact) mass is 358 g/mol.